The number of nitrogens with one attached hydrogen (secondary N) is 1. The molecule has 0 saturated carbocycles. The number of aryl methyl sites for hydroxylation is 1. The van der Waals surface area contributed by atoms with Gasteiger partial charge < -0.3 is 5.32 Å². The molecule has 0 fully saturated rings. The molecule has 4 heteroatoms. The summed E-state index contributed by atoms with van der Waals surface area (Å²) in [5, 5.41) is 3.20. The molecule has 0 radical (unpaired) electrons. The molecule has 0 bridgehead atoms. The third-order valence-electron chi connectivity index (χ3n) is 3.30. The summed E-state index contributed by atoms with van der Waals surface area (Å²) in [6.07, 6.45) is 0. The van der Waals surface area contributed by atoms with Gasteiger partial charge >= 0.3 is 0 Å². The van der Waals surface area contributed by atoms with Crippen molar-refractivity contribution in [3.05, 3.63) is 69.2 Å². The van der Waals surface area contributed by atoms with Crippen molar-refractivity contribution in [1.29, 1.82) is 0 Å². The average Bonchev–Trinajstić information content (AvgIpc) is 2.42. The second-order valence-electron chi connectivity index (χ2n) is 4.85. The lowest BCUT2D eigenvalue weighted by molar-refractivity contribution is 0.539. The zero-order chi connectivity index (χ0) is 14.7. The second kappa shape index (κ2) is 6.46. The lowest BCUT2D eigenvalue weighted by Gasteiger charge is -2.15. The summed E-state index contributed by atoms with van der Waals surface area (Å²) < 4.78 is 28.0. The highest BCUT2D eigenvalue weighted by Crippen LogP contribution is 2.19. The predicted molar refractivity (Wildman–Crippen MR) is 80.5 cm³/mol. The van der Waals surface area contributed by atoms with Gasteiger partial charge in [0, 0.05) is 22.6 Å². The van der Waals surface area contributed by atoms with Gasteiger partial charge in [0.05, 0.1) is 0 Å². The van der Waals surface area contributed by atoms with Crippen LogP contribution in [0.1, 0.15) is 29.7 Å². The highest BCUT2D eigenvalue weighted by molar-refractivity contribution is 9.10. The maximum Gasteiger partial charge on any atom is 0.127 e. The topological polar surface area (TPSA) is 12.0 Å². The Labute approximate surface area is 126 Å². The summed E-state index contributed by atoms with van der Waals surface area (Å²) in [5.74, 6) is -0.465. The Bertz CT molecular complexity index is 613. The third-order valence-corrected chi connectivity index (χ3v) is 3.80. The van der Waals surface area contributed by atoms with Crippen molar-refractivity contribution in [1.82, 2.24) is 5.32 Å². The fourth-order valence-corrected chi connectivity index (χ4v) is 2.35. The van der Waals surface area contributed by atoms with E-state index in [2.05, 4.69) is 21.2 Å². The van der Waals surface area contributed by atoms with Gasteiger partial charge in [-0.05, 0) is 49.2 Å². The normalized spacial score (nSPS) is 12.4. The van der Waals surface area contributed by atoms with Gasteiger partial charge in [-0.25, -0.2) is 8.78 Å². The quantitative estimate of drug-likeness (QED) is 0.836. The lowest BCUT2D eigenvalue weighted by atomic mass is 10.1. The SMILES string of the molecule is Cc1ccc(C(C)NCc2cc(Br)ccc2F)cc1F. The molecule has 0 aliphatic rings. The molecular weight excluding hydrogens is 324 g/mol. The minimum absolute atomic E-state index is 0.0523. The Morgan fingerprint density at radius 2 is 1.85 bits per heavy atom. The minimum Gasteiger partial charge on any atom is -0.306 e. The van der Waals surface area contributed by atoms with E-state index < -0.39 is 0 Å². The third kappa shape index (κ3) is 3.64. The molecule has 0 amide bonds. The standard InChI is InChI=1S/C16H16BrF2N/c1-10-3-4-12(8-16(10)19)11(2)20-9-13-7-14(17)5-6-15(13)18/h3-8,11,20H,9H2,1-2H3. The van der Waals surface area contributed by atoms with Crippen LogP contribution in [-0.2, 0) is 6.54 Å². The summed E-state index contributed by atoms with van der Waals surface area (Å²) in [6.45, 7) is 4.05. The van der Waals surface area contributed by atoms with Crippen LogP contribution < -0.4 is 5.32 Å². The molecule has 2 rings (SSSR count). The first-order valence-corrected chi connectivity index (χ1v) is 7.20. The smallest absolute Gasteiger partial charge is 0.127 e. The maximum absolute atomic E-state index is 13.6. The number of benzene rings is 2. The van der Waals surface area contributed by atoms with Crippen molar-refractivity contribution in [3.63, 3.8) is 0 Å². The van der Waals surface area contributed by atoms with Crippen LogP contribution in [-0.4, -0.2) is 0 Å². The molecule has 2 aromatic carbocycles. The monoisotopic (exact) mass is 339 g/mol. The summed E-state index contributed by atoms with van der Waals surface area (Å²) in [6, 6.07) is 9.93. The Morgan fingerprint density at radius 1 is 1.10 bits per heavy atom. The predicted octanol–water partition coefficient (Wildman–Crippen LogP) is 4.89. The first-order valence-electron chi connectivity index (χ1n) is 6.40. The van der Waals surface area contributed by atoms with E-state index in [1.807, 2.05) is 13.0 Å². The second-order valence-corrected chi connectivity index (χ2v) is 5.76. The Balaban J connectivity index is 2.06. The first kappa shape index (κ1) is 15.1. The molecule has 1 N–H and O–H groups in total. The number of rotatable bonds is 4. The molecule has 1 nitrogen and oxygen atoms in total. The van der Waals surface area contributed by atoms with E-state index in [1.54, 1.807) is 25.1 Å². The number of hydrogen-bond acceptors (Lipinski definition) is 1. The van der Waals surface area contributed by atoms with Crippen LogP contribution in [0.25, 0.3) is 0 Å². The van der Waals surface area contributed by atoms with E-state index in [-0.39, 0.29) is 17.7 Å². The van der Waals surface area contributed by atoms with Crippen LogP contribution in [0.4, 0.5) is 8.78 Å². The van der Waals surface area contributed by atoms with E-state index >= 15 is 0 Å². The van der Waals surface area contributed by atoms with Crippen LogP contribution in [0.2, 0.25) is 0 Å². The summed E-state index contributed by atoms with van der Waals surface area (Å²) in [4.78, 5) is 0. The van der Waals surface area contributed by atoms with E-state index in [0.717, 1.165) is 10.0 Å². The molecule has 0 spiro atoms. The van der Waals surface area contributed by atoms with Gasteiger partial charge in [-0.2, -0.15) is 0 Å². The van der Waals surface area contributed by atoms with Crippen molar-refractivity contribution in [3.8, 4) is 0 Å². The summed E-state index contributed by atoms with van der Waals surface area (Å²) >= 11 is 3.32. The Hall–Kier alpha value is -1.26. The van der Waals surface area contributed by atoms with Crippen LogP contribution >= 0.6 is 15.9 Å². The van der Waals surface area contributed by atoms with Crippen LogP contribution in [0.5, 0.6) is 0 Å². The summed E-state index contributed by atoms with van der Waals surface area (Å²) in [5.41, 5.74) is 2.06. The zero-order valence-corrected chi connectivity index (χ0v) is 13.0. The highest BCUT2D eigenvalue weighted by atomic mass is 79.9. The highest BCUT2D eigenvalue weighted by Gasteiger charge is 2.09. The van der Waals surface area contributed by atoms with E-state index in [4.69, 9.17) is 0 Å². The van der Waals surface area contributed by atoms with Gasteiger partial charge in [-0.3, -0.25) is 0 Å². The number of hydrogen-bond donors (Lipinski definition) is 1. The van der Waals surface area contributed by atoms with E-state index in [9.17, 15) is 8.78 Å². The lowest BCUT2D eigenvalue weighted by Crippen LogP contribution is -2.19. The molecule has 1 unspecified atom stereocenters. The van der Waals surface area contributed by atoms with Crippen LogP contribution in [0, 0.1) is 18.6 Å². The molecule has 0 aliphatic carbocycles. The number of halogens is 3. The molecule has 20 heavy (non-hydrogen) atoms. The Morgan fingerprint density at radius 3 is 2.55 bits per heavy atom. The molecule has 0 aliphatic heterocycles. The van der Waals surface area contributed by atoms with Gasteiger partial charge in [0.15, 0.2) is 0 Å². The zero-order valence-electron chi connectivity index (χ0n) is 11.4. The first-order chi connectivity index (χ1) is 9.47. The van der Waals surface area contributed by atoms with E-state index in [0.29, 0.717) is 17.7 Å². The van der Waals surface area contributed by atoms with Crippen molar-refractivity contribution < 1.29 is 8.78 Å². The van der Waals surface area contributed by atoms with Gasteiger partial charge in [-0.15, -0.1) is 0 Å². The van der Waals surface area contributed by atoms with Crippen molar-refractivity contribution in [2.45, 2.75) is 26.4 Å². The minimum atomic E-state index is -0.247. The molecule has 0 aromatic heterocycles. The average molecular weight is 340 g/mol. The fraction of sp³-hybridized carbons (Fsp3) is 0.250. The molecule has 106 valence electrons. The van der Waals surface area contributed by atoms with Crippen molar-refractivity contribution in [2.75, 3.05) is 0 Å². The maximum atomic E-state index is 13.6. The van der Waals surface area contributed by atoms with Gasteiger partial charge in [0.1, 0.15) is 11.6 Å². The van der Waals surface area contributed by atoms with Crippen molar-refractivity contribution >= 4 is 15.9 Å². The molecule has 2 aromatic rings. The van der Waals surface area contributed by atoms with Gasteiger partial charge in [-0.1, -0.05) is 28.1 Å². The van der Waals surface area contributed by atoms with Gasteiger partial charge in [0.25, 0.3) is 0 Å². The molecular formula is C16H16BrF2N. The van der Waals surface area contributed by atoms with E-state index in [1.165, 1.54) is 12.1 Å². The van der Waals surface area contributed by atoms with Crippen LogP contribution in [0.15, 0.2) is 40.9 Å². The molecule has 0 saturated heterocycles. The molecule has 0 heterocycles. The largest absolute Gasteiger partial charge is 0.306 e. The molecule has 1 atom stereocenters. The van der Waals surface area contributed by atoms with Crippen molar-refractivity contribution in [2.24, 2.45) is 0 Å². The van der Waals surface area contributed by atoms with Crippen LogP contribution in [0.3, 0.4) is 0 Å². The fourth-order valence-electron chi connectivity index (χ4n) is 1.94. The Kier molecular flexibility index (Phi) is 4.89. The summed E-state index contributed by atoms with van der Waals surface area (Å²) in [7, 11) is 0. The van der Waals surface area contributed by atoms with Gasteiger partial charge in [0.2, 0.25) is 0 Å².